The summed E-state index contributed by atoms with van der Waals surface area (Å²) in [4.78, 5) is 51.6. The Labute approximate surface area is 184 Å². The molecule has 0 radical (unpaired) electrons. The molecule has 1 saturated heterocycles. The van der Waals surface area contributed by atoms with Crippen molar-refractivity contribution in [2.24, 2.45) is 5.92 Å². The van der Waals surface area contributed by atoms with Crippen molar-refractivity contribution >= 4 is 29.3 Å². The molecule has 0 bridgehead atoms. The van der Waals surface area contributed by atoms with Gasteiger partial charge < -0.3 is 35.2 Å². The fraction of sp³-hybridized carbons (Fsp3) is 0.462. The molecule has 6 unspecified atom stereocenters. The molecule has 33 heavy (non-hydrogen) atoms. The first kappa shape index (κ1) is 27.3. The quantitative estimate of drug-likeness (QED) is 0.169. The van der Waals surface area contributed by atoms with Gasteiger partial charge in [0, 0.05) is 12.1 Å². The molecule has 1 fully saturated rings. The molecular weight excluding hydrogens is 513 g/mol. The molecule has 20 heteroatoms. The van der Waals surface area contributed by atoms with Crippen molar-refractivity contribution in [1.82, 2.24) is 9.55 Å². The maximum absolute atomic E-state index is 12.3. The number of anilines is 1. The van der Waals surface area contributed by atoms with E-state index in [4.69, 9.17) is 26.7 Å². The van der Waals surface area contributed by atoms with E-state index in [1.807, 2.05) is 5.92 Å². The van der Waals surface area contributed by atoms with Crippen LogP contribution >= 0.6 is 23.5 Å². The zero-order chi connectivity index (χ0) is 25.5. The van der Waals surface area contributed by atoms with Crippen LogP contribution < -0.4 is 11.4 Å². The van der Waals surface area contributed by atoms with Gasteiger partial charge in [-0.3, -0.25) is 9.09 Å². The molecular formula is C13H17N4O13P3. The number of aliphatic hydroxyl groups is 1. The van der Waals surface area contributed by atoms with Crippen LogP contribution in [-0.4, -0.2) is 52.5 Å². The molecule has 0 spiro atoms. The number of rotatable bonds is 8. The first-order chi connectivity index (χ1) is 14.9. The van der Waals surface area contributed by atoms with E-state index in [1.54, 1.807) is 6.07 Å². The highest BCUT2D eigenvalue weighted by molar-refractivity contribution is 7.66. The smallest absolute Gasteiger partial charge is 0.388 e. The lowest BCUT2D eigenvalue weighted by molar-refractivity contribution is -0.126. The molecule has 2 rings (SSSR count). The summed E-state index contributed by atoms with van der Waals surface area (Å²) in [7, 11) is -17.1. The molecule has 2 heterocycles. The summed E-state index contributed by atoms with van der Waals surface area (Å²) in [6.45, 7) is -0.0140. The molecule has 1 aliphatic rings. The number of nitriles is 1. The number of aliphatic hydroxyl groups excluding tert-OH is 1. The molecule has 1 aliphatic heterocycles. The molecule has 182 valence electrons. The second kappa shape index (κ2) is 9.02. The second-order valence-electron chi connectivity index (χ2n) is 6.55. The summed E-state index contributed by atoms with van der Waals surface area (Å²) in [5.41, 5.74) is -0.352. The lowest BCUT2D eigenvalue weighted by atomic mass is 9.88. The molecule has 1 aromatic rings. The van der Waals surface area contributed by atoms with Gasteiger partial charge in [-0.25, -0.2) is 18.5 Å². The third-order valence-electron chi connectivity index (χ3n) is 4.35. The van der Waals surface area contributed by atoms with Crippen LogP contribution in [0.1, 0.15) is 6.92 Å². The van der Waals surface area contributed by atoms with Gasteiger partial charge in [-0.15, -0.1) is 6.42 Å². The van der Waals surface area contributed by atoms with Crippen LogP contribution in [0.25, 0.3) is 0 Å². The highest BCUT2D eigenvalue weighted by atomic mass is 31.3. The first-order valence-corrected chi connectivity index (χ1v) is 12.9. The Kier molecular flexibility index (Phi) is 7.46. The van der Waals surface area contributed by atoms with Crippen molar-refractivity contribution in [3.05, 3.63) is 22.7 Å². The van der Waals surface area contributed by atoms with E-state index >= 15 is 0 Å². The summed E-state index contributed by atoms with van der Waals surface area (Å²) in [5, 5.41) is 20.4. The van der Waals surface area contributed by atoms with Crippen molar-refractivity contribution in [2.45, 2.75) is 24.4 Å². The number of phosphoric acid groups is 3. The molecule has 0 amide bonds. The van der Waals surface area contributed by atoms with E-state index in [1.165, 1.54) is 6.92 Å². The normalized spacial score (nSPS) is 31.2. The number of hydrogen-bond donors (Lipinski definition) is 6. The average molecular weight is 530 g/mol. The minimum absolute atomic E-state index is 0.189. The third-order valence-corrected chi connectivity index (χ3v) is 8.13. The van der Waals surface area contributed by atoms with E-state index in [9.17, 15) is 38.6 Å². The van der Waals surface area contributed by atoms with Crippen LogP contribution in [-0.2, 0) is 37.3 Å². The van der Waals surface area contributed by atoms with Gasteiger partial charge in [-0.2, -0.15) is 18.9 Å². The number of nitrogens with zero attached hydrogens (tertiary/aromatic N) is 3. The number of aromatic nitrogens is 2. The minimum atomic E-state index is -5.82. The number of nitrogens with two attached hydrogens (primary N) is 1. The summed E-state index contributed by atoms with van der Waals surface area (Å²) >= 11 is 0. The number of terminal acetylenes is 1. The van der Waals surface area contributed by atoms with E-state index in [0.29, 0.717) is 4.57 Å². The largest absolute Gasteiger partial charge is 0.490 e. The summed E-state index contributed by atoms with van der Waals surface area (Å²) < 4.78 is 51.9. The van der Waals surface area contributed by atoms with Crippen molar-refractivity contribution in [3.8, 4) is 18.4 Å². The van der Waals surface area contributed by atoms with E-state index < -0.39 is 59.1 Å². The topological polar surface area (TPSA) is 274 Å². The van der Waals surface area contributed by atoms with Gasteiger partial charge in [-0.05, 0) is 6.07 Å². The van der Waals surface area contributed by atoms with Gasteiger partial charge in [0.1, 0.15) is 24.6 Å². The summed E-state index contributed by atoms with van der Waals surface area (Å²) in [6, 6.07) is 2.82. The fourth-order valence-corrected chi connectivity index (χ4v) is 5.97. The number of ether oxygens (including phenoxy) is 1. The van der Waals surface area contributed by atoms with Gasteiger partial charge in [0.15, 0.2) is 5.60 Å². The molecule has 0 aromatic carbocycles. The molecule has 6 atom stereocenters. The fourth-order valence-electron chi connectivity index (χ4n) is 2.92. The predicted molar refractivity (Wildman–Crippen MR) is 104 cm³/mol. The second-order valence-corrected chi connectivity index (χ2v) is 11.0. The van der Waals surface area contributed by atoms with Crippen LogP contribution in [0.5, 0.6) is 0 Å². The monoisotopic (exact) mass is 530 g/mol. The zero-order valence-electron chi connectivity index (χ0n) is 16.4. The Morgan fingerprint density at radius 2 is 1.91 bits per heavy atom. The van der Waals surface area contributed by atoms with Crippen LogP contribution in [0.15, 0.2) is 17.1 Å². The Hall–Kier alpha value is -1.94. The standard InChI is InChI=1S/C13H17N4O13P3/c1-3-12(7-27-32(23,24)30-33(25,26)29-31(20,21)22)10(18)8(2)13(6-14,28-12)17-5-4-9(15)16-11(17)19/h1,4-5,8,10,18H,7H2,2H3,(H,23,24)(H,25,26)(H2,15,16,19)(H2,20,21,22). The number of phosphoric ester groups is 1. The SMILES string of the molecule is C#CC1(COP(=O)(O)OP(=O)(O)OP(=O)(O)O)OC(C#N)(n2ccc(N)nc2=O)C(C)C1O. The molecule has 1 aromatic heterocycles. The van der Waals surface area contributed by atoms with Crippen molar-refractivity contribution < 1.29 is 56.3 Å². The van der Waals surface area contributed by atoms with E-state index in [0.717, 1.165) is 12.3 Å². The zero-order valence-corrected chi connectivity index (χ0v) is 19.0. The van der Waals surface area contributed by atoms with E-state index in [-0.39, 0.29) is 5.82 Å². The highest BCUT2D eigenvalue weighted by Gasteiger charge is 2.63. The van der Waals surface area contributed by atoms with Gasteiger partial charge in [-0.1, -0.05) is 12.8 Å². The van der Waals surface area contributed by atoms with Crippen molar-refractivity contribution in [2.75, 3.05) is 12.3 Å². The Morgan fingerprint density at radius 1 is 1.30 bits per heavy atom. The maximum Gasteiger partial charge on any atom is 0.490 e. The minimum Gasteiger partial charge on any atom is -0.388 e. The third kappa shape index (κ3) is 5.77. The molecule has 0 aliphatic carbocycles. The van der Waals surface area contributed by atoms with Crippen LogP contribution in [0.3, 0.4) is 0 Å². The summed E-state index contributed by atoms with van der Waals surface area (Å²) in [5.74, 6) is 0.463. The highest BCUT2D eigenvalue weighted by Crippen LogP contribution is 2.66. The van der Waals surface area contributed by atoms with Gasteiger partial charge in [0.05, 0.1) is 0 Å². The van der Waals surface area contributed by atoms with Crippen molar-refractivity contribution in [3.63, 3.8) is 0 Å². The van der Waals surface area contributed by atoms with Crippen LogP contribution in [0.2, 0.25) is 0 Å². The van der Waals surface area contributed by atoms with E-state index in [2.05, 4.69) is 18.1 Å². The Bertz CT molecular complexity index is 1220. The lowest BCUT2D eigenvalue weighted by Crippen LogP contribution is -2.46. The molecule has 17 nitrogen and oxygen atoms in total. The molecule has 0 saturated carbocycles. The Morgan fingerprint density at radius 3 is 2.39 bits per heavy atom. The van der Waals surface area contributed by atoms with Gasteiger partial charge in [0.25, 0.3) is 0 Å². The Balaban J connectivity index is 2.36. The maximum atomic E-state index is 12.3. The van der Waals surface area contributed by atoms with Gasteiger partial charge in [0.2, 0.25) is 5.72 Å². The van der Waals surface area contributed by atoms with Gasteiger partial charge >= 0.3 is 29.2 Å². The number of nitrogen functional groups attached to an aromatic ring is 1. The average Bonchev–Trinajstić information content (AvgIpc) is 2.86. The first-order valence-electron chi connectivity index (χ1n) is 8.34. The predicted octanol–water partition coefficient (Wildman–Crippen LogP) is -1.26. The lowest BCUT2D eigenvalue weighted by Gasteiger charge is -2.29. The molecule has 7 N–H and O–H groups in total. The van der Waals surface area contributed by atoms with Crippen molar-refractivity contribution in [1.29, 1.82) is 5.26 Å². The van der Waals surface area contributed by atoms with Crippen LogP contribution in [0, 0.1) is 29.6 Å². The number of hydrogen-bond acceptors (Lipinski definition) is 12. The summed E-state index contributed by atoms with van der Waals surface area (Å²) in [6.07, 6.45) is 4.59. The van der Waals surface area contributed by atoms with Crippen LogP contribution in [0.4, 0.5) is 5.82 Å².